The molecule has 0 aromatic rings. The van der Waals surface area contributed by atoms with Gasteiger partial charge in [0, 0.05) is 3.92 Å². The molecule has 11 heavy (non-hydrogen) atoms. The number of hydrogen-bond donors (Lipinski definition) is 0. The minimum atomic E-state index is 0.182. The van der Waals surface area contributed by atoms with E-state index in [0.29, 0.717) is 3.92 Å². The van der Waals surface area contributed by atoms with E-state index >= 15 is 0 Å². The largest absolute Gasteiger partial charge is 0.421 e. The maximum absolute atomic E-state index is 5.72. The quantitative estimate of drug-likeness (QED) is 0.427. The molecule has 3 heteroatoms. The zero-order chi connectivity index (χ0) is 8.91. The van der Waals surface area contributed by atoms with E-state index in [2.05, 4.69) is 43.4 Å². The summed E-state index contributed by atoms with van der Waals surface area (Å²) in [5, 5.41) is 0. The third-order valence-corrected chi connectivity index (χ3v) is 5.36. The highest BCUT2D eigenvalue weighted by molar-refractivity contribution is 14.1. The molecular formula is C8H19IOSi. The van der Waals surface area contributed by atoms with Crippen LogP contribution >= 0.6 is 22.6 Å². The van der Waals surface area contributed by atoms with Crippen molar-refractivity contribution < 1.29 is 4.43 Å². The van der Waals surface area contributed by atoms with Gasteiger partial charge in [-0.25, -0.2) is 0 Å². The van der Waals surface area contributed by atoms with Gasteiger partial charge in [-0.05, 0) is 19.3 Å². The summed E-state index contributed by atoms with van der Waals surface area (Å²) in [5.74, 6) is 0. The van der Waals surface area contributed by atoms with Crippen LogP contribution in [0, 0.1) is 0 Å². The monoisotopic (exact) mass is 286 g/mol. The molecular weight excluding hydrogens is 267 g/mol. The maximum Gasteiger partial charge on any atom is 0.146 e. The minimum absolute atomic E-state index is 0.182. The van der Waals surface area contributed by atoms with Crippen LogP contribution in [0.1, 0.15) is 40.0 Å². The molecule has 0 saturated heterocycles. The average Bonchev–Trinajstić information content (AvgIpc) is 2.08. The molecule has 68 valence electrons. The van der Waals surface area contributed by atoms with Crippen LogP contribution in [0.2, 0.25) is 0 Å². The fourth-order valence-corrected chi connectivity index (χ4v) is 3.96. The van der Waals surface area contributed by atoms with Gasteiger partial charge in [0.25, 0.3) is 0 Å². The van der Waals surface area contributed by atoms with Crippen LogP contribution in [-0.4, -0.2) is 20.0 Å². The molecule has 0 radical (unpaired) electrons. The van der Waals surface area contributed by atoms with Crippen LogP contribution in [0.3, 0.4) is 0 Å². The molecule has 1 nitrogen and oxygen atoms in total. The summed E-state index contributed by atoms with van der Waals surface area (Å²) < 4.78 is 6.39. The van der Waals surface area contributed by atoms with E-state index in [1.165, 1.54) is 6.42 Å². The second-order valence-electron chi connectivity index (χ2n) is 2.85. The first-order chi connectivity index (χ1) is 5.16. The first-order valence-corrected chi connectivity index (χ1v) is 6.42. The van der Waals surface area contributed by atoms with Crippen molar-refractivity contribution in [2.75, 3.05) is 0 Å². The molecule has 0 spiro atoms. The van der Waals surface area contributed by atoms with Crippen LogP contribution in [-0.2, 0) is 4.43 Å². The molecule has 0 bridgehead atoms. The van der Waals surface area contributed by atoms with Crippen molar-refractivity contribution in [2.45, 2.75) is 49.6 Å². The standard InChI is InChI=1S/C8H19IOSi/c1-4-7(9)8(5-2,6-3)10-11/h7H,4-6H2,1-3,11H3. The van der Waals surface area contributed by atoms with Crippen molar-refractivity contribution in [3.8, 4) is 0 Å². The minimum Gasteiger partial charge on any atom is -0.421 e. The lowest BCUT2D eigenvalue weighted by Crippen LogP contribution is -2.39. The Morgan fingerprint density at radius 2 is 1.82 bits per heavy atom. The molecule has 1 atom stereocenters. The summed E-state index contributed by atoms with van der Waals surface area (Å²) in [7, 11) is 0.863. The number of rotatable bonds is 5. The van der Waals surface area contributed by atoms with Gasteiger partial charge in [-0.15, -0.1) is 0 Å². The highest BCUT2D eigenvalue weighted by atomic mass is 127. The maximum atomic E-state index is 5.72. The fourth-order valence-electron chi connectivity index (χ4n) is 1.48. The zero-order valence-electron chi connectivity index (χ0n) is 7.98. The number of hydrogen-bond acceptors (Lipinski definition) is 1. The van der Waals surface area contributed by atoms with Gasteiger partial charge in [-0.2, -0.15) is 0 Å². The van der Waals surface area contributed by atoms with Crippen LogP contribution < -0.4 is 0 Å². The Balaban J connectivity index is 4.26. The van der Waals surface area contributed by atoms with Gasteiger partial charge in [-0.3, -0.25) is 0 Å². The summed E-state index contributed by atoms with van der Waals surface area (Å²) in [6.07, 6.45) is 3.51. The van der Waals surface area contributed by atoms with Crippen molar-refractivity contribution in [2.24, 2.45) is 0 Å². The predicted octanol–water partition coefficient (Wildman–Crippen LogP) is 2.06. The van der Waals surface area contributed by atoms with E-state index in [9.17, 15) is 0 Å². The van der Waals surface area contributed by atoms with E-state index < -0.39 is 0 Å². The van der Waals surface area contributed by atoms with E-state index in [1.807, 2.05) is 0 Å². The number of halogens is 1. The Hall–Kier alpha value is 0.907. The second-order valence-corrected chi connectivity index (χ2v) is 4.76. The first kappa shape index (κ1) is 11.9. The molecule has 0 aromatic carbocycles. The highest BCUT2D eigenvalue weighted by Gasteiger charge is 2.31. The smallest absolute Gasteiger partial charge is 0.146 e. The highest BCUT2D eigenvalue weighted by Crippen LogP contribution is 2.31. The van der Waals surface area contributed by atoms with Gasteiger partial charge in [-0.1, -0.05) is 43.4 Å². The Labute approximate surface area is 87.0 Å². The normalized spacial score (nSPS) is 15.3. The van der Waals surface area contributed by atoms with Crippen molar-refractivity contribution in [3.05, 3.63) is 0 Å². The van der Waals surface area contributed by atoms with Crippen molar-refractivity contribution in [3.63, 3.8) is 0 Å². The third-order valence-electron chi connectivity index (χ3n) is 2.53. The Bertz CT molecular complexity index is 96.0. The molecule has 0 saturated carbocycles. The molecule has 0 aromatic heterocycles. The summed E-state index contributed by atoms with van der Waals surface area (Å²) in [4.78, 5) is 0. The van der Waals surface area contributed by atoms with Crippen LogP contribution in [0.4, 0.5) is 0 Å². The Morgan fingerprint density at radius 3 is 1.91 bits per heavy atom. The van der Waals surface area contributed by atoms with E-state index in [0.717, 1.165) is 23.3 Å². The first-order valence-electron chi connectivity index (χ1n) is 4.36. The lowest BCUT2D eigenvalue weighted by Gasteiger charge is -2.35. The molecule has 0 heterocycles. The van der Waals surface area contributed by atoms with Crippen LogP contribution in [0.5, 0.6) is 0 Å². The lowest BCUT2D eigenvalue weighted by molar-refractivity contribution is 0.0720. The van der Waals surface area contributed by atoms with Crippen molar-refractivity contribution in [1.82, 2.24) is 0 Å². The Morgan fingerprint density at radius 1 is 1.36 bits per heavy atom. The SMILES string of the molecule is CCC(I)C(CC)(CC)O[SiH3]. The van der Waals surface area contributed by atoms with Gasteiger partial charge in [0.1, 0.15) is 10.5 Å². The van der Waals surface area contributed by atoms with E-state index in [-0.39, 0.29) is 5.60 Å². The molecule has 0 aliphatic heterocycles. The molecule has 0 fully saturated rings. The van der Waals surface area contributed by atoms with Gasteiger partial charge < -0.3 is 4.43 Å². The third kappa shape index (κ3) is 2.70. The predicted molar refractivity (Wildman–Crippen MR) is 62.4 cm³/mol. The number of alkyl halides is 1. The fraction of sp³-hybridized carbons (Fsp3) is 1.00. The zero-order valence-corrected chi connectivity index (χ0v) is 12.1. The van der Waals surface area contributed by atoms with E-state index in [4.69, 9.17) is 4.43 Å². The van der Waals surface area contributed by atoms with Crippen LogP contribution in [0.15, 0.2) is 0 Å². The van der Waals surface area contributed by atoms with Gasteiger partial charge in [0.15, 0.2) is 0 Å². The average molecular weight is 286 g/mol. The second kappa shape index (κ2) is 5.53. The summed E-state index contributed by atoms with van der Waals surface area (Å²) >= 11 is 2.52. The lowest BCUT2D eigenvalue weighted by atomic mass is 9.92. The summed E-state index contributed by atoms with van der Waals surface area (Å²) in [5.41, 5.74) is 0.182. The summed E-state index contributed by atoms with van der Waals surface area (Å²) in [6.45, 7) is 6.68. The molecule has 0 aliphatic carbocycles. The molecule has 0 amide bonds. The van der Waals surface area contributed by atoms with E-state index in [1.54, 1.807) is 0 Å². The molecule has 1 unspecified atom stereocenters. The van der Waals surface area contributed by atoms with Gasteiger partial charge >= 0.3 is 0 Å². The molecule has 0 aliphatic rings. The Kier molecular flexibility index (Phi) is 5.99. The molecule has 0 rings (SSSR count). The van der Waals surface area contributed by atoms with Gasteiger partial charge in [0.2, 0.25) is 0 Å². The molecule has 0 N–H and O–H groups in total. The van der Waals surface area contributed by atoms with Crippen molar-refractivity contribution in [1.29, 1.82) is 0 Å². The summed E-state index contributed by atoms with van der Waals surface area (Å²) in [6, 6.07) is 0. The van der Waals surface area contributed by atoms with Gasteiger partial charge in [0.05, 0.1) is 5.60 Å². The van der Waals surface area contributed by atoms with Crippen molar-refractivity contribution >= 4 is 33.1 Å². The topological polar surface area (TPSA) is 9.23 Å². The van der Waals surface area contributed by atoms with Crippen LogP contribution in [0.25, 0.3) is 0 Å².